The number of hydrogen-bond acceptors (Lipinski definition) is 6. The highest BCUT2D eigenvalue weighted by Crippen LogP contribution is 2.22. The van der Waals surface area contributed by atoms with Gasteiger partial charge in [-0.15, -0.1) is 0 Å². The van der Waals surface area contributed by atoms with Crippen molar-refractivity contribution in [2.75, 3.05) is 30.9 Å². The molecule has 0 saturated carbocycles. The molecule has 0 fully saturated rings. The molecule has 0 aliphatic carbocycles. The fourth-order valence-corrected chi connectivity index (χ4v) is 3.96. The number of methoxy groups -OCH3 is 1. The Balaban J connectivity index is 1.37. The van der Waals surface area contributed by atoms with Gasteiger partial charge in [0, 0.05) is 35.5 Å². The number of hydrogen-bond donors (Lipinski definition) is 2. The van der Waals surface area contributed by atoms with Crippen molar-refractivity contribution in [1.82, 2.24) is 0 Å². The Morgan fingerprint density at radius 2 is 1.53 bits per heavy atom. The highest BCUT2D eigenvalue weighted by molar-refractivity contribution is 6.12. The maximum absolute atomic E-state index is 13.1. The van der Waals surface area contributed by atoms with Gasteiger partial charge < -0.3 is 20.1 Å². The van der Waals surface area contributed by atoms with Crippen LogP contribution in [0.3, 0.4) is 0 Å². The van der Waals surface area contributed by atoms with Gasteiger partial charge in [-0.1, -0.05) is 54.6 Å². The van der Waals surface area contributed by atoms with Crippen LogP contribution in [0.15, 0.2) is 103 Å². The van der Waals surface area contributed by atoms with E-state index in [-0.39, 0.29) is 11.6 Å². The van der Waals surface area contributed by atoms with Crippen LogP contribution in [-0.4, -0.2) is 38.1 Å². The lowest BCUT2D eigenvalue weighted by Crippen LogP contribution is -2.33. The van der Waals surface area contributed by atoms with Gasteiger partial charge in [-0.25, -0.2) is 9.18 Å². The summed E-state index contributed by atoms with van der Waals surface area (Å²) in [4.78, 5) is 25.7. The predicted octanol–water partition coefficient (Wildman–Crippen LogP) is 5.74. The van der Waals surface area contributed by atoms with Crippen molar-refractivity contribution < 1.29 is 23.5 Å². The molecule has 2 N–H and O–H groups in total. The summed E-state index contributed by atoms with van der Waals surface area (Å²) in [6.45, 7) is 0.984. The fourth-order valence-electron chi connectivity index (χ4n) is 3.96. The van der Waals surface area contributed by atoms with Crippen LogP contribution in [-0.2, 0) is 16.0 Å². The standard InChI is InChI=1S/C31H29FN2O4/c1-37-31(36)29(34-28-10-6-5-9-27(28)30(35)23-7-3-2-4-8-23)21-22-11-17-26(18-12-22)38-20-19-33-25-15-13-24(32)14-16-25/h2-18,29,33-34H,19-21H2,1H3/t29-/m0/s1. The van der Waals surface area contributed by atoms with Gasteiger partial charge in [0.15, 0.2) is 5.78 Å². The number of benzene rings is 4. The van der Waals surface area contributed by atoms with Gasteiger partial charge in [0.2, 0.25) is 0 Å². The summed E-state index contributed by atoms with van der Waals surface area (Å²) in [6, 6.07) is 29.1. The van der Waals surface area contributed by atoms with Gasteiger partial charge in [-0.3, -0.25) is 4.79 Å². The minimum Gasteiger partial charge on any atom is -0.492 e. The first-order valence-electron chi connectivity index (χ1n) is 12.3. The average Bonchev–Trinajstić information content (AvgIpc) is 2.96. The third kappa shape index (κ3) is 7.20. The van der Waals surface area contributed by atoms with E-state index in [1.807, 2.05) is 48.5 Å². The van der Waals surface area contributed by atoms with Crippen molar-refractivity contribution in [3.8, 4) is 5.75 Å². The SMILES string of the molecule is COC(=O)[C@H](Cc1ccc(OCCNc2ccc(F)cc2)cc1)Nc1ccccc1C(=O)c1ccccc1. The monoisotopic (exact) mass is 512 g/mol. The number of nitrogens with one attached hydrogen (secondary N) is 2. The molecule has 0 aliphatic rings. The summed E-state index contributed by atoms with van der Waals surface area (Å²) in [5.41, 5.74) is 3.33. The molecule has 4 aromatic carbocycles. The Hall–Kier alpha value is -4.65. The van der Waals surface area contributed by atoms with Gasteiger partial charge in [-0.05, 0) is 54.1 Å². The Morgan fingerprint density at radius 3 is 2.24 bits per heavy atom. The van der Waals surface area contributed by atoms with E-state index >= 15 is 0 Å². The Bertz CT molecular complexity index is 1340. The van der Waals surface area contributed by atoms with E-state index in [2.05, 4.69) is 10.6 Å². The van der Waals surface area contributed by atoms with Crippen molar-refractivity contribution in [3.63, 3.8) is 0 Å². The van der Waals surface area contributed by atoms with Crippen LogP contribution in [0, 0.1) is 5.82 Å². The van der Waals surface area contributed by atoms with Crippen LogP contribution in [0.4, 0.5) is 15.8 Å². The molecule has 0 amide bonds. The highest BCUT2D eigenvalue weighted by Gasteiger charge is 2.22. The molecule has 4 rings (SSSR count). The molecule has 4 aromatic rings. The van der Waals surface area contributed by atoms with Crippen molar-refractivity contribution in [1.29, 1.82) is 0 Å². The van der Waals surface area contributed by atoms with Gasteiger partial charge in [0.05, 0.1) is 7.11 Å². The molecule has 0 unspecified atom stereocenters. The summed E-state index contributed by atoms with van der Waals surface area (Å²) >= 11 is 0. The topological polar surface area (TPSA) is 76.7 Å². The first-order chi connectivity index (χ1) is 18.5. The second-order valence-electron chi connectivity index (χ2n) is 8.59. The second-order valence-corrected chi connectivity index (χ2v) is 8.59. The van der Waals surface area contributed by atoms with Crippen molar-refractivity contribution >= 4 is 23.1 Å². The molecular formula is C31H29FN2O4. The Kier molecular flexibility index (Phi) is 9.07. The number of ketones is 1. The van der Waals surface area contributed by atoms with E-state index in [9.17, 15) is 14.0 Å². The van der Waals surface area contributed by atoms with Crippen molar-refractivity contribution in [2.24, 2.45) is 0 Å². The number of esters is 1. The lowest BCUT2D eigenvalue weighted by molar-refractivity contribution is -0.141. The minimum absolute atomic E-state index is 0.132. The predicted molar refractivity (Wildman–Crippen MR) is 146 cm³/mol. The lowest BCUT2D eigenvalue weighted by Gasteiger charge is -2.20. The lowest BCUT2D eigenvalue weighted by atomic mass is 10.00. The smallest absolute Gasteiger partial charge is 0.328 e. The number of ether oxygens (including phenoxy) is 2. The number of carbonyl (C=O) groups excluding carboxylic acids is 2. The molecule has 0 aliphatic heterocycles. The molecule has 0 bridgehead atoms. The molecule has 1 atom stereocenters. The fraction of sp³-hybridized carbons (Fsp3) is 0.161. The summed E-state index contributed by atoms with van der Waals surface area (Å²) in [5, 5.41) is 6.38. The summed E-state index contributed by atoms with van der Waals surface area (Å²) < 4.78 is 23.8. The number of anilines is 2. The quantitative estimate of drug-likeness (QED) is 0.143. The molecular weight excluding hydrogens is 483 g/mol. The van der Waals surface area contributed by atoms with E-state index in [1.54, 1.807) is 42.5 Å². The molecule has 0 aromatic heterocycles. The second kappa shape index (κ2) is 13.1. The zero-order chi connectivity index (χ0) is 26.7. The van der Waals surface area contributed by atoms with E-state index < -0.39 is 12.0 Å². The van der Waals surface area contributed by atoms with Crippen LogP contribution in [0.25, 0.3) is 0 Å². The molecule has 0 spiro atoms. The van der Waals surface area contributed by atoms with Gasteiger partial charge >= 0.3 is 5.97 Å². The highest BCUT2D eigenvalue weighted by atomic mass is 19.1. The molecule has 7 heteroatoms. The first kappa shape index (κ1) is 26.4. The van der Waals surface area contributed by atoms with Crippen molar-refractivity contribution in [3.05, 3.63) is 126 Å². The van der Waals surface area contributed by atoms with E-state index in [1.165, 1.54) is 19.2 Å². The van der Waals surface area contributed by atoms with Gasteiger partial charge in [0.25, 0.3) is 0 Å². The Morgan fingerprint density at radius 1 is 0.842 bits per heavy atom. The molecule has 6 nitrogen and oxygen atoms in total. The van der Waals surface area contributed by atoms with Crippen LogP contribution in [0.1, 0.15) is 21.5 Å². The van der Waals surface area contributed by atoms with Crippen LogP contribution in [0.5, 0.6) is 5.75 Å². The average molecular weight is 513 g/mol. The number of rotatable bonds is 12. The van der Waals surface area contributed by atoms with E-state index in [4.69, 9.17) is 9.47 Å². The maximum atomic E-state index is 13.1. The van der Waals surface area contributed by atoms with Crippen molar-refractivity contribution in [2.45, 2.75) is 12.5 Å². The van der Waals surface area contributed by atoms with E-state index in [0.29, 0.717) is 42.1 Å². The third-order valence-corrected chi connectivity index (χ3v) is 5.93. The van der Waals surface area contributed by atoms with Gasteiger partial charge in [0.1, 0.15) is 24.2 Å². The molecule has 194 valence electrons. The van der Waals surface area contributed by atoms with Crippen LogP contribution >= 0.6 is 0 Å². The number of para-hydroxylation sites is 1. The Labute approximate surface area is 221 Å². The largest absolute Gasteiger partial charge is 0.492 e. The third-order valence-electron chi connectivity index (χ3n) is 5.93. The van der Waals surface area contributed by atoms with Gasteiger partial charge in [-0.2, -0.15) is 0 Å². The molecule has 38 heavy (non-hydrogen) atoms. The number of carbonyl (C=O) groups is 2. The van der Waals surface area contributed by atoms with Crippen LogP contribution in [0.2, 0.25) is 0 Å². The molecule has 0 saturated heterocycles. The minimum atomic E-state index is -0.698. The summed E-state index contributed by atoms with van der Waals surface area (Å²) in [5.74, 6) is -0.149. The van der Waals surface area contributed by atoms with Crippen LogP contribution < -0.4 is 15.4 Å². The zero-order valence-electron chi connectivity index (χ0n) is 21.0. The molecule has 0 radical (unpaired) electrons. The zero-order valence-corrected chi connectivity index (χ0v) is 21.0. The number of halogens is 1. The summed E-state index contributed by atoms with van der Waals surface area (Å²) in [6.07, 6.45) is 0.354. The maximum Gasteiger partial charge on any atom is 0.328 e. The molecule has 0 heterocycles. The normalized spacial score (nSPS) is 11.3. The van der Waals surface area contributed by atoms with E-state index in [0.717, 1.165) is 11.3 Å². The summed E-state index contributed by atoms with van der Waals surface area (Å²) in [7, 11) is 1.34. The first-order valence-corrected chi connectivity index (χ1v) is 12.3.